The second-order valence-electron chi connectivity index (χ2n) is 9.31. The number of esters is 1. The SMILES string of the molecule is CCOC(=O)C=Cc1cc(CO[Si](c2ccccc2)(c2ccccc2)C(C)(C)C)cc(C(=O)O)c1. The normalized spacial score (nSPS) is 12.0. The van der Waals surface area contributed by atoms with E-state index in [4.69, 9.17) is 9.16 Å². The van der Waals surface area contributed by atoms with Crippen molar-refractivity contribution in [3.05, 3.63) is 102 Å². The van der Waals surface area contributed by atoms with Gasteiger partial charge in [-0.1, -0.05) is 81.4 Å². The summed E-state index contributed by atoms with van der Waals surface area (Å²) in [6.07, 6.45) is 2.87. The lowest BCUT2D eigenvalue weighted by molar-refractivity contribution is -0.137. The van der Waals surface area contributed by atoms with Crippen LogP contribution in [-0.2, 0) is 20.6 Å². The molecule has 0 aliphatic rings. The molecule has 1 N–H and O–H groups in total. The van der Waals surface area contributed by atoms with Gasteiger partial charge in [0.1, 0.15) is 0 Å². The van der Waals surface area contributed by atoms with Crippen LogP contribution in [0.1, 0.15) is 49.2 Å². The summed E-state index contributed by atoms with van der Waals surface area (Å²) in [5, 5.41) is 11.8. The number of hydrogen-bond acceptors (Lipinski definition) is 4. The lowest BCUT2D eigenvalue weighted by Crippen LogP contribution is -2.66. The molecule has 0 saturated heterocycles. The van der Waals surface area contributed by atoms with Crippen LogP contribution in [0.2, 0.25) is 5.04 Å². The zero-order chi connectivity index (χ0) is 25.5. The van der Waals surface area contributed by atoms with Crippen molar-refractivity contribution in [2.45, 2.75) is 39.3 Å². The number of hydrogen-bond donors (Lipinski definition) is 1. The zero-order valence-corrected chi connectivity index (χ0v) is 21.7. The summed E-state index contributed by atoms with van der Waals surface area (Å²) in [4.78, 5) is 23.6. The van der Waals surface area contributed by atoms with E-state index in [0.717, 1.165) is 15.9 Å². The maximum atomic E-state index is 11.8. The fourth-order valence-electron chi connectivity index (χ4n) is 4.33. The molecule has 0 heterocycles. The first-order valence-corrected chi connectivity index (χ1v) is 13.6. The molecular formula is C29H32O5Si. The summed E-state index contributed by atoms with van der Waals surface area (Å²) >= 11 is 0. The highest BCUT2D eigenvalue weighted by atomic mass is 28.4. The monoisotopic (exact) mass is 488 g/mol. The first kappa shape index (κ1) is 26.1. The summed E-state index contributed by atoms with van der Waals surface area (Å²) < 4.78 is 11.9. The predicted octanol–water partition coefficient (Wildman–Crippen LogP) is 5.04. The Kier molecular flexibility index (Phi) is 8.43. The molecule has 182 valence electrons. The van der Waals surface area contributed by atoms with E-state index in [9.17, 15) is 14.7 Å². The summed E-state index contributed by atoms with van der Waals surface area (Å²) in [7, 11) is -2.78. The third-order valence-corrected chi connectivity index (χ3v) is 10.8. The fraction of sp³-hybridized carbons (Fsp3) is 0.241. The average Bonchev–Trinajstić information content (AvgIpc) is 2.84. The van der Waals surface area contributed by atoms with Gasteiger partial charge in [-0.2, -0.15) is 0 Å². The van der Waals surface area contributed by atoms with Gasteiger partial charge in [0.25, 0.3) is 8.32 Å². The quantitative estimate of drug-likeness (QED) is 0.260. The van der Waals surface area contributed by atoms with Gasteiger partial charge in [-0.05, 0) is 57.7 Å². The number of carboxylic acid groups (broad SMARTS) is 1. The Balaban J connectivity index is 2.06. The van der Waals surface area contributed by atoms with Gasteiger partial charge in [0.2, 0.25) is 0 Å². The van der Waals surface area contributed by atoms with Crippen molar-refractivity contribution >= 4 is 36.7 Å². The van der Waals surface area contributed by atoms with Gasteiger partial charge in [0, 0.05) is 6.08 Å². The number of carbonyl (C=O) groups excluding carboxylic acids is 1. The zero-order valence-electron chi connectivity index (χ0n) is 20.7. The van der Waals surface area contributed by atoms with Crippen molar-refractivity contribution in [2.24, 2.45) is 0 Å². The number of aromatic carboxylic acids is 1. The lowest BCUT2D eigenvalue weighted by atomic mass is 10.1. The molecule has 0 aliphatic carbocycles. The van der Waals surface area contributed by atoms with Gasteiger partial charge in [0.05, 0.1) is 18.8 Å². The summed E-state index contributed by atoms with van der Waals surface area (Å²) in [6, 6.07) is 25.6. The van der Waals surface area contributed by atoms with E-state index < -0.39 is 20.3 Å². The molecule has 35 heavy (non-hydrogen) atoms. The molecule has 5 nitrogen and oxygen atoms in total. The van der Waals surface area contributed by atoms with Crippen LogP contribution in [-0.4, -0.2) is 32.0 Å². The van der Waals surface area contributed by atoms with E-state index in [2.05, 4.69) is 45.0 Å². The Morgan fingerprint density at radius 1 is 0.914 bits per heavy atom. The van der Waals surface area contributed by atoms with Crippen LogP contribution in [0.4, 0.5) is 0 Å². The van der Waals surface area contributed by atoms with Crippen LogP contribution in [0.15, 0.2) is 84.9 Å². The van der Waals surface area contributed by atoms with Crippen LogP contribution in [0.5, 0.6) is 0 Å². The highest BCUT2D eigenvalue weighted by molar-refractivity contribution is 6.99. The first-order valence-electron chi connectivity index (χ1n) is 11.6. The second-order valence-corrected chi connectivity index (χ2v) is 13.6. The Labute approximate surface area is 208 Å². The maximum absolute atomic E-state index is 11.8. The summed E-state index contributed by atoms with van der Waals surface area (Å²) in [5.41, 5.74) is 1.46. The third kappa shape index (κ3) is 6.15. The molecular weight excluding hydrogens is 456 g/mol. The number of carbonyl (C=O) groups is 2. The molecule has 0 unspecified atom stereocenters. The van der Waals surface area contributed by atoms with Crippen molar-refractivity contribution in [1.29, 1.82) is 0 Å². The predicted molar refractivity (Wildman–Crippen MR) is 141 cm³/mol. The van der Waals surface area contributed by atoms with E-state index in [-0.39, 0.29) is 23.8 Å². The smallest absolute Gasteiger partial charge is 0.335 e. The number of carboxylic acids is 1. The molecule has 0 spiro atoms. The van der Waals surface area contributed by atoms with Gasteiger partial charge in [-0.3, -0.25) is 0 Å². The molecule has 6 heteroatoms. The topological polar surface area (TPSA) is 72.8 Å². The summed E-state index contributed by atoms with van der Waals surface area (Å²) in [5.74, 6) is -1.51. The Bertz CT molecular complexity index is 1140. The van der Waals surface area contributed by atoms with Gasteiger partial charge in [-0.25, -0.2) is 9.59 Å². The van der Waals surface area contributed by atoms with Crippen molar-refractivity contribution in [1.82, 2.24) is 0 Å². The molecule has 0 aliphatic heterocycles. The molecule has 0 atom stereocenters. The molecule has 0 aromatic heterocycles. The van der Waals surface area contributed by atoms with Crippen LogP contribution < -0.4 is 10.4 Å². The number of rotatable bonds is 9. The van der Waals surface area contributed by atoms with E-state index in [1.165, 1.54) is 12.1 Å². The van der Waals surface area contributed by atoms with Crippen LogP contribution >= 0.6 is 0 Å². The molecule has 0 saturated carbocycles. The number of benzene rings is 3. The minimum Gasteiger partial charge on any atom is -0.478 e. The van der Waals surface area contributed by atoms with Crippen molar-refractivity contribution in [2.75, 3.05) is 6.61 Å². The standard InChI is InChI=1S/C29H32O5Si/c1-5-33-27(30)17-16-22-18-23(20-24(19-22)28(31)32)21-34-35(29(2,3)4,25-12-8-6-9-13-25)26-14-10-7-11-15-26/h6-20H,5,21H2,1-4H3,(H,31,32). The van der Waals surface area contributed by atoms with Crippen LogP contribution in [0, 0.1) is 0 Å². The summed E-state index contributed by atoms with van der Waals surface area (Å²) in [6.45, 7) is 8.82. The van der Waals surface area contributed by atoms with Gasteiger partial charge < -0.3 is 14.3 Å². The minimum absolute atomic E-state index is 0.136. The average molecular weight is 489 g/mol. The van der Waals surface area contributed by atoms with Crippen molar-refractivity contribution in [3.8, 4) is 0 Å². The molecule has 3 aromatic carbocycles. The lowest BCUT2D eigenvalue weighted by Gasteiger charge is -2.43. The van der Waals surface area contributed by atoms with E-state index in [1.807, 2.05) is 42.5 Å². The fourth-order valence-corrected chi connectivity index (χ4v) is 8.87. The Hall–Kier alpha value is -3.48. The number of ether oxygens (including phenoxy) is 1. The minimum atomic E-state index is -2.78. The van der Waals surface area contributed by atoms with Crippen molar-refractivity contribution < 1.29 is 23.9 Å². The molecule has 3 aromatic rings. The largest absolute Gasteiger partial charge is 0.478 e. The highest BCUT2D eigenvalue weighted by Gasteiger charge is 2.50. The maximum Gasteiger partial charge on any atom is 0.335 e. The highest BCUT2D eigenvalue weighted by Crippen LogP contribution is 2.37. The van der Waals surface area contributed by atoms with E-state index >= 15 is 0 Å². The van der Waals surface area contributed by atoms with Crippen LogP contribution in [0.3, 0.4) is 0 Å². The van der Waals surface area contributed by atoms with E-state index in [1.54, 1.807) is 19.1 Å². The Morgan fingerprint density at radius 3 is 1.97 bits per heavy atom. The van der Waals surface area contributed by atoms with Gasteiger partial charge in [0.15, 0.2) is 0 Å². The van der Waals surface area contributed by atoms with E-state index in [0.29, 0.717) is 5.56 Å². The molecule has 0 bridgehead atoms. The Morgan fingerprint density at radius 2 is 1.49 bits per heavy atom. The van der Waals surface area contributed by atoms with Gasteiger partial charge >= 0.3 is 11.9 Å². The van der Waals surface area contributed by atoms with Crippen LogP contribution in [0.25, 0.3) is 6.08 Å². The third-order valence-electron chi connectivity index (χ3n) is 5.83. The van der Waals surface area contributed by atoms with Crippen molar-refractivity contribution in [3.63, 3.8) is 0 Å². The molecule has 0 radical (unpaired) electrons. The second kappa shape index (κ2) is 11.3. The van der Waals surface area contributed by atoms with Gasteiger partial charge in [-0.15, -0.1) is 0 Å². The molecule has 0 fully saturated rings. The molecule has 3 rings (SSSR count). The molecule has 0 amide bonds. The first-order chi connectivity index (χ1) is 16.7.